The van der Waals surface area contributed by atoms with Crippen LogP contribution < -0.4 is 10.2 Å². The number of nitrogens with one attached hydrogen (secondary N) is 1. The summed E-state index contributed by atoms with van der Waals surface area (Å²) in [6.07, 6.45) is 0. The number of thiazole rings is 1. The lowest BCUT2D eigenvalue weighted by atomic mass is 10.1. The fraction of sp³-hybridized carbons (Fsp3) is 0.0435. The molecule has 0 saturated heterocycles. The summed E-state index contributed by atoms with van der Waals surface area (Å²) in [5.41, 5.74) is 3.67. The van der Waals surface area contributed by atoms with E-state index in [9.17, 15) is 14.4 Å². The molecule has 1 N–H and O–H groups in total. The lowest BCUT2D eigenvalue weighted by Crippen LogP contribution is -2.29. The molecule has 3 aromatic carbocycles. The molecule has 0 spiro atoms. The molecule has 0 fully saturated rings. The van der Waals surface area contributed by atoms with Gasteiger partial charge >= 0.3 is 0 Å². The van der Waals surface area contributed by atoms with E-state index in [0.29, 0.717) is 33.0 Å². The zero-order valence-corrected chi connectivity index (χ0v) is 16.7. The van der Waals surface area contributed by atoms with E-state index >= 15 is 0 Å². The van der Waals surface area contributed by atoms with Gasteiger partial charge in [0.1, 0.15) is 0 Å². The highest BCUT2D eigenvalue weighted by atomic mass is 32.1. The highest BCUT2D eigenvalue weighted by molar-refractivity contribution is 7.22. The summed E-state index contributed by atoms with van der Waals surface area (Å²) in [6, 6.07) is 19.4. The molecule has 4 aromatic rings. The first-order valence-electron chi connectivity index (χ1n) is 9.28. The Balaban J connectivity index is 1.45. The van der Waals surface area contributed by atoms with Gasteiger partial charge in [-0.2, -0.15) is 0 Å². The second kappa shape index (κ2) is 6.89. The molecule has 0 bridgehead atoms. The molecule has 7 heteroatoms. The van der Waals surface area contributed by atoms with Crippen molar-refractivity contribution in [3.63, 3.8) is 0 Å². The monoisotopic (exact) mass is 413 g/mol. The highest BCUT2D eigenvalue weighted by Crippen LogP contribution is 2.34. The molecular weight excluding hydrogens is 398 g/mol. The zero-order valence-electron chi connectivity index (χ0n) is 15.9. The zero-order chi connectivity index (χ0) is 20.8. The van der Waals surface area contributed by atoms with Gasteiger partial charge in [0.15, 0.2) is 0 Å². The van der Waals surface area contributed by atoms with Crippen LogP contribution in [0.25, 0.3) is 10.2 Å². The minimum atomic E-state index is -0.382. The Hall–Kier alpha value is -3.84. The molecular formula is C23H15N3O3S. The molecule has 0 radical (unpaired) electrons. The molecule has 6 nitrogen and oxygen atoms in total. The SMILES string of the molecule is Cc1ccc(NC(=O)c2ccc3nc(N4C(=O)c5ccccc5C4=O)sc3c2)cc1. The second-order valence-electron chi connectivity index (χ2n) is 6.99. The lowest BCUT2D eigenvalue weighted by Gasteiger charge is -2.08. The molecule has 0 saturated carbocycles. The van der Waals surface area contributed by atoms with Gasteiger partial charge in [0.2, 0.25) is 5.13 Å². The van der Waals surface area contributed by atoms with E-state index in [1.807, 2.05) is 31.2 Å². The third-order valence-electron chi connectivity index (χ3n) is 4.93. The third-order valence-corrected chi connectivity index (χ3v) is 5.94. The molecule has 5 rings (SSSR count). The first-order chi connectivity index (χ1) is 14.5. The molecule has 1 aliphatic heterocycles. The average Bonchev–Trinajstić information content (AvgIpc) is 3.28. The van der Waals surface area contributed by atoms with Crippen LogP contribution in [0.1, 0.15) is 36.6 Å². The minimum absolute atomic E-state index is 0.239. The van der Waals surface area contributed by atoms with E-state index in [4.69, 9.17) is 0 Å². The maximum absolute atomic E-state index is 12.7. The summed E-state index contributed by atoms with van der Waals surface area (Å²) >= 11 is 1.21. The Morgan fingerprint density at radius 1 is 0.933 bits per heavy atom. The van der Waals surface area contributed by atoms with Crippen molar-refractivity contribution < 1.29 is 14.4 Å². The fourth-order valence-electron chi connectivity index (χ4n) is 3.35. The predicted octanol–water partition coefficient (Wildman–Crippen LogP) is 4.66. The van der Waals surface area contributed by atoms with Crippen molar-refractivity contribution in [2.75, 3.05) is 10.2 Å². The second-order valence-corrected chi connectivity index (χ2v) is 8.00. The van der Waals surface area contributed by atoms with Gasteiger partial charge in [0, 0.05) is 11.3 Å². The Morgan fingerprint density at radius 2 is 1.60 bits per heavy atom. The Bertz CT molecular complexity index is 1310. The van der Waals surface area contributed by atoms with Crippen molar-refractivity contribution in [3.8, 4) is 0 Å². The van der Waals surface area contributed by atoms with Crippen LogP contribution in [-0.4, -0.2) is 22.7 Å². The van der Waals surface area contributed by atoms with Crippen molar-refractivity contribution in [1.29, 1.82) is 0 Å². The first kappa shape index (κ1) is 18.2. The molecule has 0 unspecified atom stereocenters. The Kier molecular flexibility index (Phi) is 4.18. The quantitative estimate of drug-likeness (QED) is 0.496. The molecule has 0 aliphatic carbocycles. The number of hydrogen-bond acceptors (Lipinski definition) is 5. The summed E-state index contributed by atoms with van der Waals surface area (Å²) in [5.74, 6) is -1.00. The van der Waals surface area contributed by atoms with Crippen LogP contribution in [0, 0.1) is 6.92 Å². The van der Waals surface area contributed by atoms with E-state index in [-0.39, 0.29) is 17.7 Å². The number of anilines is 2. The smallest absolute Gasteiger partial charge is 0.268 e. The molecule has 3 amide bonds. The number of aromatic nitrogens is 1. The molecule has 30 heavy (non-hydrogen) atoms. The third kappa shape index (κ3) is 2.96. The number of fused-ring (bicyclic) bond motifs is 2. The van der Waals surface area contributed by atoms with Crippen molar-refractivity contribution in [3.05, 3.63) is 89.0 Å². The maximum atomic E-state index is 12.7. The number of carbonyl (C=O) groups is 3. The van der Waals surface area contributed by atoms with E-state index < -0.39 is 0 Å². The van der Waals surface area contributed by atoms with E-state index in [2.05, 4.69) is 10.3 Å². The van der Waals surface area contributed by atoms with Crippen molar-refractivity contribution in [1.82, 2.24) is 4.98 Å². The van der Waals surface area contributed by atoms with Crippen LogP contribution in [-0.2, 0) is 0 Å². The molecule has 0 atom stereocenters. The van der Waals surface area contributed by atoms with Gasteiger partial charge in [-0.15, -0.1) is 0 Å². The minimum Gasteiger partial charge on any atom is -0.322 e. The average molecular weight is 413 g/mol. The van der Waals surface area contributed by atoms with E-state index in [1.54, 1.807) is 42.5 Å². The van der Waals surface area contributed by atoms with Crippen molar-refractivity contribution in [2.24, 2.45) is 0 Å². The van der Waals surface area contributed by atoms with Crippen LogP contribution in [0.4, 0.5) is 10.8 Å². The number of carbonyl (C=O) groups excluding carboxylic acids is 3. The van der Waals surface area contributed by atoms with E-state index in [0.717, 1.165) is 15.2 Å². The number of aryl methyl sites for hydroxylation is 1. The van der Waals surface area contributed by atoms with Gasteiger partial charge in [-0.05, 0) is 49.4 Å². The van der Waals surface area contributed by atoms with Crippen LogP contribution in [0.15, 0.2) is 66.7 Å². The van der Waals surface area contributed by atoms with Crippen molar-refractivity contribution >= 4 is 50.1 Å². The Labute approximate surface area is 175 Å². The molecule has 2 heterocycles. The molecule has 1 aliphatic rings. The molecule has 1 aromatic heterocycles. The summed E-state index contributed by atoms with van der Waals surface area (Å²) < 4.78 is 0.720. The van der Waals surface area contributed by atoms with Gasteiger partial charge < -0.3 is 5.32 Å². The normalized spacial score (nSPS) is 13.0. The summed E-state index contributed by atoms with van der Waals surface area (Å²) in [6.45, 7) is 1.98. The lowest BCUT2D eigenvalue weighted by molar-refractivity contribution is 0.0925. The number of nitrogens with zero attached hydrogens (tertiary/aromatic N) is 2. The number of imide groups is 1. The summed E-state index contributed by atoms with van der Waals surface area (Å²) in [5, 5.41) is 3.16. The maximum Gasteiger partial charge on any atom is 0.268 e. The molecule has 146 valence electrons. The van der Waals surface area contributed by atoms with Crippen molar-refractivity contribution in [2.45, 2.75) is 6.92 Å². The van der Waals surface area contributed by atoms with Crippen LogP contribution in [0.2, 0.25) is 0 Å². The number of rotatable bonds is 3. The van der Waals surface area contributed by atoms with Gasteiger partial charge in [0.05, 0.1) is 21.3 Å². The first-order valence-corrected chi connectivity index (χ1v) is 10.1. The summed E-state index contributed by atoms with van der Waals surface area (Å²) in [7, 11) is 0. The summed E-state index contributed by atoms with van der Waals surface area (Å²) in [4.78, 5) is 43.5. The largest absolute Gasteiger partial charge is 0.322 e. The fourth-order valence-corrected chi connectivity index (χ4v) is 4.35. The van der Waals surface area contributed by atoms with Gasteiger partial charge in [-0.3, -0.25) is 14.4 Å². The number of benzene rings is 3. The van der Waals surface area contributed by atoms with E-state index in [1.165, 1.54) is 11.3 Å². The topological polar surface area (TPSA) is 79.4 Å². The van der Waals surface area contributed by atoms with Gasteiger partial charge in [0.25, 0.3) is 17.7 Å². The predicted molar refractivity (Wildman–Crippen MR) is 116 cm³/mol. The van der Waals surface area contributed by atoms with Gasteiger partial charge in [-0.25, -0.2) is 9.88 Å². The van der Waals surface area contributed by atoms with Crippen LogP contribution in [0.3, 0.4) is 0 Å². The standard InChI is InChI=1S/C23H15N3O3S/c1-13-6-9-15(10-7-13)24-20(27)14-8-11-18-19(12-14)30-23(25-18)26-21(28)16-4-2-3-5-17(16)22(26)29/h2-12H,1H3,(H,24,27). The van der Waals surface area contributed by atoms with Crippen LogP contribution >= 0.6 is 11.3 Å². The Morgan fingerprint density at radius 3 is 2.27 bits per heavy atom. The van der Waals surface area contributed by atoms with Gasteiger partial charge in [-0.1, -0.05) is 41.2 Å². The highest BCUT2D eigenvalue weighted by Gasteiger charge is 2.38. The van der Waals surface area contributed by atoms with Crippen LogP contribution in [0.5, 0.6) is 0 Å². The number of amides is 3. The number of hydrogen-bond donors (Lipinski definition) is 1.